The molecule has 9 heteroatoms. The molecule has 0 aliphatic carbocycles. The van der Waals surface area contributed by atoms with Crippen LogP contribution in [0, 0.1) is 13.8 Å². The van der Waals surface area contributed by atoms with Crippen LogP contribution >= 0.6 is 0 Å². The van der Waals surface area contributed by atoms with E-state index in [1.165, 1.54) is 0 Å². The maximum atomic E-state index is 12.2. The maximum Gasteiger partial charge on any atom is 0.241 e. The van der Waals surface area contributed by atoms with Gasteiger partial charge in [0.25, 0.3) is 0 Å². The number of benzene rings is 1. The summed E-state index contributed by atoms with van der Waals surface area (Å²) in [5.41, 5.74) is 2.07. The molecule has 0 aromatic heterocycles. The number of sulfonamides is 1. The summed E-state index contributed by atoms with van der Waals surface area (Å²) in [7, 11) is -6.76. The quantitative estimate of drug-likeness (QED) is 0.803. The zero-order valence-electron chi connectivity index (χ0n) is 13.9. The second-order valence-corrected chi connectivity index (χ2v) is 10.4. The number of hydrogen-bond acceptors (Lipinski definition) is 5. The summed E-state index contributed by atoms with van der Waals surface area (Å²) in [5, 5.41) is 2.62. The van der Waals surface area contributed by atoms with Crippen molar-refractivity contribution in [2.45, 2.75) is 26.3 Å². The molecule has 7 nitrogen and oxygen atoms in total. The van der Waals surface area contributed by atoms with Crippen molar-refractivity contribution in [1.82, 2.24) is 5.32 Å². The molecule has 0 saturated carbocycles. The largest absolute Gasteiger partial charge is 0.351 e. The van der Waals surface area contributed by atoms with Crippen LogP contribution in [-0.4, -0.2) is 53.1 Å². The van der Waals surface area contributed by atoms with Gasteiger partial charge in [-0.25, -0.2) is 16.8 Å². The highest BCUT2D eigenvalue weighted by Gasteiger charge is 2.30. The van der Waals surface area contributed by atoms with Crippen LogP contribution < -0.4 is 9.62 Å². The van der Waals surface area contributed by atoms with Crippen LogP contribution in [0.25, 0.3) is 0 Å². The summed E-state index contributed by atoms with van der Waals surface area (Å²) in [5.74, 6) is -0.561. The molecule has 0 spiro atoms. The zero-order chi connectivity index (χ0) is 18.1. The number of anilines is 1. The third kappa shape index (κ3) is 4.70. The van der Waals surface area contributed by atoms with E-state index in [2.05, 4.69) is 5.32 Å². The Labute approximate surface area is 143 Å². The maximum absolute atomic E-state index is 12.2. The van der Waals surface area contributed by atoms with Crippen LogP contribution in [-0.2, 0) is 24.7 Å². The number of amides is 1. The Morgan fingerprint density at radius 2 is 2.00 bits per heavy atom. The number of hydrogen-bond donors (Lipinski definition) is 1. The molecule has 0 bridgehead atoms. The molecule has 1 unspecified atom stereocenters. The first-order valence-electron chi connectivity index (χ1n) is 7.53. The lowest BCUT2D eigenvalue weighted by molar-refractivity contribution is -0.120. The molecule has 1 heterocycles. The number of nitrogens with one attached hydrogen (secondary N) is 1. The second kappa shape index (κ2) is 6.72. The SMILES string of the molecule is Cc1ccc(C)c(N(CC(=O)NC2CCS(=O)(=O)C2)S(C)(=O)=O)c1. The first-order chi connectivity index (χ1) is 11.0. The zero-order valence-corrected chi connectivity index (χ0v) is 15.6. The van der Waals surface area contributed by atoms with Crippen molar-refractivity contribution in [2.24, 2.45) is 0 Å². The van der Waals surface area contributed by atoms with Gasteiger partial charge < -0.3 is 5.32 Å². The fourth-order valence-corrected chi connectivity index (χ4v) is 5.26. The number of sulfone groups is 1. The highest BCUT2D eigenvalue weighted by Crippen LogP contribution is 2.23. The molecular weight excluding hydrogens is 352 g/mol. The number of aryl methyl sites for hydroxylation is 2. The molecule has 1 aromatic rings. The lowest BCUT2D eigenvalue weighted by Gasteiger charge is -2.24. The lowest BCUT2D eigenvalue weighted by Crippen LogP contribution is -2.44. The van der Waals surface area contributed by atoms with Crippen molar-refractivity contribution in [1.29, 1.82) is 0 Å². The summed E-state index contributed by atoms with van der Waals surface area (Å²) in [6.45, 7) is 3.24. The van der Waals surface area contributed by atoms with Gasteiger partial charge in [-0.05, 0) is 37.5 Å². The van der Waals surface area contributed by atoms with Crippen molar-refractivity contribution >= 4 is 31.5 Å². The fourth-order valence-electron chi connectivity index (χ4n) is 2.68. The van der Waals surface area contributed by atoms with E-state index in [-0.39, 0.29) is 18.1 Å². The Kier molecular flexibility index (Phi) is 5.24. The Morgan fingerprint density at radius 1 is 1.33 bits per heavy atom. The first-order valence-corrected chi connectivity index (χ1v) is 11.2. The van der Waals surface area contributed by atoms with E-state index in [0.29, 0.717) is 12.1 Å². The highest BCUT2D eigenvalue weighted by atomic mass is 32.2. The number of carbonyl (C=O) groups is 1. The van der Waals surface area contributed by atoms with Gasteiger partial charge in [-0.15, -0.1) is 0 Å². The van der Waals surface area contributed by atoms with Gasteiger partial charge in [0.15, 0.2) is 9.84 Å². The van der Waals surface area contributed by atoms with Crippen LogP contribution in [0.1, 0.15) is 17.5 Å². The summed E-state index contributed by atoms with van der Waals surface area (Å²) >= 11 is 0. The molecule has 1 aliphatic rings. The molecule has 134 valence electrons. The minimum absolute atomic E-state index is 0.0464. The minimum Gasteiger partial charge on any atom is -0.351 e. The lowest BCUT2D eigenvalue weighted by atomic mass is 10.1. The number of rotatable bonds is 5. The summed E-state index contributed by atoms with van der Waals surface area (Å²) in [6.07, 6.45) is 1.40. The Hall–Kier alpha value is -1.61. The van der Waals surface area contributed by atoms with Gasteiger partial charge >= 0.3 is 0 Å². The van der Waals surface area contributed by atoms with Crippen molar-refractivity contribution in [3.05, 3.63) is 29.3 Å². The van der Waals surface area contributed by atoms with E-state index in [1.807, 2.05) is 13.0 Å². The van der Waals surface area contributed by atoms with Gasteiger partial charge in [0.1, 0.15) is 6.54 Å². The Balaban J connectivity index is 2.18. The molecule has 0 radical (unpaired) electrons. The second-order valence-electron chi connectivity index (χ2n) is 6.23. The summed E-state index contributed by atoms with van der Waals surface area (Å²) in [6, 6.07) is 4.92. The van der Waals surface area contributed by atoms with E-state index in [1.54, 1.807) is 19.1 Å². The highest BCUT2D eigenvalue weighted by molar-refractivity contribution is 7.92. The Morgan fingerprint density at radius 3 is 2.54 bits per heavy atom. The summed E-state index contributed by atoms with van der Waals surface area (Å²) in [4.78, 5) is 12.2. The molecule has 1 aliphatic heterocycles. The van der Waals surface area contributed by atoms with Gasteiger partial charge in [-0.1, -0.05) is 12.1 Å². The van der Waals surface area contributed by atoms with Crippen LogP contribution in [0.2, 0.25) is 0 Å². The molecule has 1 N–H and O–H groups in total. The van der Waals surface area contributed by atoms with Gasteiger partial charge in [-0.3, -0.25) is 9.10 Å². The average molecular weight is 374 g/mol. The van der Waals surface area contributed by atoms with E-state index >= 15 is 0 Å². The molecule has 1 atom stereocenters. The van der Waals surface area contributed by atoms with E-state index < -0.39 is 31.8 Å². The molecule has 1 saturated heterocycles. The molecule has 1 amide bonds. The molecule has 24 heavy (non-hydrogen) atoms. The molecule has 1 fully saturated rings. The number of carbonyl (C=O) groups excluding carboxylic acids is 1. The predicted octanol–water partition coefficient (Wildman–Crippen LogP) is 0.373. The molecule has 1 aromatic carbocycles. The summed E-state index contributed by atoms with van der Waals surface area (Å²) < 4.78 is 48.2. The van der Waals surface area contributed by atoms with Crippen molar-refractivity contribution in [2.75, 3.05) is 28.6 Å². The van der Waals surface area contributed by atoms with Crippen molar-refractivity contribution < 1.29 is 21.6 Å². The van der Waals surface area contributed by atoms with Crippen LogP contribution in [0.3, 0.4) is 0 Å². The van der Waals surface area contributed by atoms with Crippen LogP contribution in [0.5, 0.6) is 0 Å². The monoisotopic (exact) mass is 374 g/mol. The van der Waals surface area contributed by atoms with Gasteiger partial charge in [0.05, 0.1) is 23.4 Å². The molecule has 2 rings (SSSR count). The predicted molar refractivity (Wildman–Crippen MR) is 93.3 cm³/mol. The minimum atomic E-state index is -3.65. The van der Waals surface area contributed by atoms with Gasteiger partial charge in [-0.2, -0.15) is 0 Å². The Bertz CT molecular complexity index is 847. The van der Waals surface area contributed by atoms with Crippen molar-refractivity contribution in [3.8, 4) is 0 Å². The van der Waals surface area contributed by atoms with Gasteiger partial charge in [0, 0.05) is 6.04 Å². The van der Waals surface area contributed by atoms with Crippen LogP contribution in [0.15, 0.2) is 18.2 Å². The van der Waals surface area contributed by atoms with Crippen LogP contribution in [0.4, 0.5) is 5.69 Å². The first kappa shape index (κ1) is 18.7. The number of nitrogens with zero attached hydrogens (tertiary/aromatic N) is 1. The standard InChI is InChI=1S/C15H22N2O5S2/c1-11-4-5-12(2)14(8-11)17(23(3,19)20)9-15(18)16-13-6-7-24(21,22)10-13/h4-5,8,13H,6-7,9-10H2,1-3H3,(H,16,18). The van der Waals surface area contributed by atoms with E-state index in [0.717, 1.165) is 21.7 Å². The topological polar surface area (TPSA) is 101 Å². The average Bonchev–Trinajstić information content (AvgIpc) is 2.77. The fraction of sp³-hybridized carbons (Fsp3) is 0.533. The van der Waals surface area contributed by atoms with E-state index in [9.17, 15) is 21.6 Å². The smallest absolute Gasteiger partial charge is 0.241 e. The van der Waals surface area contributed by atoms with Crippen molar-refractivity contribution in [3.63, 3.8) is 0 Å². The third-order valence-corrected chi connectivity index (χ3v) is 6.81. The van der Waals surface area contributed by atoms with Gasteiger partial charge in [0.2, 0.25) is 15.9 Å². The van der Waals surface area contributed by atoms with E-state index in [4.69, 9.17) is 0 Å². The normalized spacial score (nSPS) is 19.9. The molecular formula is C15H22N2O5S2. The third-order valence-electron chi connectivity index (χ3n) is 3.92.